The van der Waals surface area contributed by atoms with Gasteiger partial charge in [0.25, 0.3) is 0 Å². The molecule has 136 valence electrons. The highest BCUT2D eigenvalue weighted by Crippen LogP contribution is 2.48. The van der Waals surface area contributed by atoms with Gasteiger partial charge in [-0.1, -0.05) is 12.1 Å². The summed E-state index contributed by atoms with van der Waals surface area (Å²) in [5.74, 6) is 2.78. The minimum Gasteiger partial charge on any atom is -0.497 e. The smallest absolute Gasteiger partial charge is 0.220 e. The Morgan fingerprint density at radius 2 is 1.58 bits per heavy atom. The third-order valence-corrected chi connectivity index (χ3v) is 5.48. The van der Waals surface area contributed by atoms with Crippen molar-refractivity contribution >= 4 is 5.91 Å². The minimum absolute atomic E-state index is 0.183. The zero-order chi connectivity index (χ0) is 18.1. The Morgan fingerprint density at radius 3 is 2.08 bits per heavy atom. The van der Waals surface area contributed by atoms with Gasteiger partial charge in [0, 0.05) is 18.9 Å². The van der Waals surface area contributed by atoms with Gasteiger partial charge in [-0.05, 0) is 71.7 Å². The molecule has 0 bridgehead atoms. The predicted molar refractivity (Wildman–Crippen MR) is 102 cm³/mol. The van der Waals surface area contributed by atoms with Crippen molar-refractivity contribution in [3.63, 3.8) is 0 Å². The van der Waals surface area contributed by atoms with Crippen molar-refractivity contribution in [2.24, 2.45) is 5.92 Å². The summed E-state index contributed by atoms with van der Waals surface area (Å²) in [5.41, 5.74) is 5.03. The Kier molecular flexibility index (Phi) is 4.58. The Morgan fingerprint density at radius 1 is 1.00 bits per heavy atom. The van der Waals surface area contributed by atoms with Crippen molar-refractivity contribution in [3.05, 3.63) is 47.5 Å². The van der Waals surface area contributed by atoms with E-state index in [2.05, 4.69) is 29.6 Å². The van der Waals surface area contributed by atoms with Crippen molar-refractivity contribution < 1.29 is 14.3 Å². The second kappa shape index (κ2) is 7.02. The summed E-state index contributed by atoms with van der Waals surface area (Å²) in [5, 5.41) is 3.10. The second-order valence-corrected chi connectivity index (χ2v) is 7.25. The lowest BCUT2D eigenvalue weighted by molar-refractivity contribution is -0.121. The summed E-state index contributed by atoms with van der Waals surface area (Å²) < 4.78 is 10.9. The van der Waals surface area contributed by atoms with Gasteiger partial charge in [0.1, 0.15) is 11.5 Å². The Balaban J connectivity index is 1.56. The van der Waals surface area contributed by atoms with Gasteiger partial charge >= 0.3 is 0 Å². The average Bonchev–Trinajstić information content (AvgIpc) is 3.43. The number of amides is 1. The van der Waals surface area contributed by atoms with E-state index >= 15 is 0 Å². The maximum atomic E-state index is 12.0. The fraction of sp³-hybridized carbons (Fsp3) is 0.409. The van der Waals surface area contributed by atoms with Crippen LogP contribution in [0.2, 0.25) is 0 Å². The van der Waals surface area contributed by atoms with E-state index in [9.17, 15) is 4.79 Å². The van der Waals surface area contributed by atoms with E-state index in [4.69, 9.17) is 9.47 Å². The largest absolute Gasteiger partial charge is 0.497 e. The third-order valence-electron chi connectivity index (χ3n) is 5.48. The molecule has 2 aromatic rings. The van der Waals surface area contributed by atoms with Crippen LogP contribution in [0.4, 0.5) is 0 Å². The summed E-state index contributed by atoms with van der Waals surface area (Å²) in [7, 11) is 3.39. The molecule has 4 nitrogen and oxygen atoms in total. The van der Waals surface area contributed by atoms with Gasteiger partial charge in [-0.25, -0.2) is 0 Å². The fourth-order valence-electron chi connectivity index (χ4n) is 3.89. The van der Waals surface area contributed by atoms with Crippen LogP contribution in [0.1, 0.15) is 42.7 Å². The Bertz CT molecular complexity index is 773. The molecule has 4 heteroatoms. The molecule has 2 aliphatic rings. The summed E-state index contributed by atoms with van der Waals surface area (Å²) in [6, 6.07) is 12.5. The quantitative estimate of drug-likeness (QED) is 0.816. The third kappa shape index (κ3) is 3.28. The Hall–Kier alpha value is -2.49. The lowest BCUT2D eigenvalue weighted by atomic mass is 9.93. The number of rotatable bonds is 7. The molecule has 26 heavy (non-hydrogen) atoms. The molecule has 0 spiro atoms. The molecular formula is C22H25NO3. The van der Waals surface area contributed by atoms with Crippen LogP contribution in [0.5, 0.6) is 11.5 Å². The fourth-order valence-corrected chi connectivity index (χ4v) is 3.89. The molecule has 4 rings (SSSR count). The van der Waals surface area contributed by atoms with E-state index in [1.807, 2.05) is 12.1 Å². The van der Waals surface area contributed by atoms with Gasteiger partial charge in [0.05, 0.1) is 14.2 Å². The SMILES string of the molecule is COc1ccc2c(c1)C(CCNC(=O)CC1CC1)c1cc(OC)ccc1-2. The van der Waals surface area contributed by atoms with Crippen molar-refractivity contribution in [2.75, 3.05) is 20.8 Å². The molecule has 1 N–H and O–H groups in total. The number of carbonyl (C=O) groups excluding carboxylic acids is 1. The molecule has 2 aliphatic carbocycles. The number of ether oxygens (including phenoxy) is 2. The molecule has 0 radical (unpaired) electrons. The first-order valence-corrected chi connectivity index (χ1v) is 9.32. The van der Waals surface area contributed by atoms with E-state index in [-0.39, 0.29) is 11.8 Å². The van der Waals surface area contributed by atoms with E-state index in [0.717, 1.165) is 17.9 Å². The van der Waals surface area contributed by atoms with Crippen molar-refractivity contribution in [2.45, 2.75) is 31.6 Å². The van der Waals surface area contributed by atoms with Gasteiger partial charge in [-0.2, -0.15) is 0 Å². The van der Waals surface area contributed by atoms with Gasteiger partial charge in [-0.3, -0.25) is 4.79 Å². The topological polar surface area (TPSA) is 47.6 Å². The highest BCUT2D eigenvalue weighted by atomic mass is 16.5. The number of fused-ring (bicyclic) bond motifs is 3. The molecule has 0 atom stereocenters. The number of hydrogen-bond donors (Lipinski definition) is 1. The highest BCUT2D eigenvalue weighted by Gasteiger charge is 2.30. The van der Waals surface area contributed by atoms with Crippen LogP contribution < -0.4 is 14.8 Å². The standard InChI is InChI=1S/C22H25NO3/c1-25-15-5-7-17-18-8-6-16(26-2)13-21(18)19(20(17)12-15)9-10-23-22(24)11-14-3-4-14/h5-8,12-14,19H,3-4,9-11H2,1-2H3,(H,23,24). The molecule has 0 aliphatic heterocycles. The lowest BCUT2D eigenvalue weighted by Crippen LogP contribution is -2.25. The van der Waals surface area contributed by atoms with Crippen LogP contribution in [0, 0.1) is 5.92 Å². The molecular weight excluding hydrogens is 326 g/mol. The Labute approximate surface area is 154 Å². The number of carbonyl (C=O) groups is 1. The molecule has 1 saturated carbocycles. The van der Waals surface area contributed by atoms with Crippen LogP contribution in [-0.4, -0.2) is 26.7 Å². The van der Waals surface area contributed by atoms with Crippen molar-refractivity contribution in [1.82, 2.24) is 5.32 Å². The first kappa shape index (κ1) is 17.0. The zero-order valence-electron chi connectivity index (χ0n) is 15.4. The molecule has 0 heterocycles. The first-order chi connectivity index (χ1) is 12.7. The van der Waals surface area contributed by atoms with Crippen molar-refractivity contribution in [1.29, 1.82) is 0 Å². The van der Waals surface area contributed by atoms with E-state index in [0.29, 0.717) is 18.9 Å². The summed E-state index contributed by atoms with van der Waals surface area (Å²) in [6.45, 7) is 0.684. The summed E-state index contributed by atoms with van der Waals surface area (Å²) >= 11 is 0. The molecule has 2 aromatic carbocycles. The lowest BCUT2D eigenvalue weighted by Gasteiger charge is -2.15. The number of benzene rings is 2. The number of nitrogens with one attached hydrogen (secondary N) is 1. The van der Waals surface area contributed by atoms with Crippen LogP contribution in [0.3, 0.4) is 0 Å². The van der Waals surface area contributed by atoms with E-state index in [1.54, 1.807) is 14.2 Å². The minimum atomic E-state index is 0.183. The normalized spacial score (nSPS) is 15.3. The van der Waals surface area contributed by atoms with Crippen LogP contribution in [0.25, 0.3) is 11.1 Å². The van der Waals surface area contributed by atoms with Crippen LogP contribution in [-0.2, 0) is 4.79 Å². The van der Waals surface area contributed by atoms with Crippen LogP contribution in [0.15, 0.2) is 36.4 Å². The van der Waals surface area contributed by atoms with E-state index < -0.39 is 0 Å². The molecule has 0 unspecified atom stereocenters. The van der Waals surface area contributed by atoms with Gasteiger partial charge in [0.15, 0.2) is 0 Å². The molecule has 0 saturated heterocycles. The van der Waals surface area contributed by atoms with E-state index in [1.165, 1.54) is 35.1 Å². The monoisotopic (exact) mass is 351 g/mol. The predicted octanol–water partition coefficient (Wildman–Crippen LogP) is 4.12. The highest BCUT2D eigenvalue weighted by molar-refractivity contribution is 5.80. The molecule has 1 amide bonds. The zero-order valence-corrected chi connectivity index (χ0v) is 15.4. The van der Waals surface area contributed by atoms with Crippen LogP contribution >= 0.6 is 0 Å². The molecule has 1 fully saturated rings. The summed E-state index contributed by atoms with van der Waals surface area (Å²) in [4.78, 5) is 12.0. The molecule has 0 aromatic heterocycles. The number of methoxy groups -OCH3 is 2. The maximum absolute atomic E-state index is 12.0. The second-order valence-electron chi connectivity index (χ2n) is 7.25. The average molecular weight is 351 g/mol. The van der Waals surface area contributed by atoms with Gasteiger partial charge < -0.3 is 14.8 Å². The van der Waals surface area contributed by atoms with Crippen molar-refractivity contribution in [3.8, 4) is 22.6 Å². The first-order valence-electron chi connectivity index (χ1n) is 9.32. The summed E-state index contributed by atoms with van der Waals surface area (Å²) in [6.07, 6.45) is 3.96. The van der Waals surface area contributed by atoms with Gasteiger partial charge in [0.2, 0.25) is 5.91 Å². The maximum Gasteiger partial charge on any atom is 0.220 e. The van der Waals surface area contributed by atoms with Gasteiger partial charge in [-0.15, -0.1) is 0 Å². The number of hydrogen-bond acceptors (Lipinski definition) is 3.